The third-order valence-corrected chi connectivity index (χ3v) is 19.5. The van der Waals surface area contributed by atoms with Crippen LogP contribution in [0.25, 0.3) is 0 Å². The minimum Gasteiger partial charge on any atom is -0.394 e. The summed E-state index contributed by atoms with van der Waals surface area (Å²) in [6, 6.07) is -1.02. The largest absolute Gasteiger partial charge is 0.394 e. The Balaban J connectivity index is 1.39. The molecule has 19 nitrogen and oxygen atoms in total. The van der Waals surface area contributed by atoms with Crippen LogP contribution in [0, 0.1) is 0 Å². The van der Waals surface area contributed by atoms with E-state index < -0.39 is 131 Å². The van der Waals surface area contributed by atoms with Gasteiger partial charge in [-0.2, -0.15) is 0 Å². The van der Waals surface area contributed by atoms with Crippen molar-refractivity contribution >= 4 is 5.91 Å². The average molecular weight is 1530 g/mol. The second-order valence-corrected chi connectivity index (χ2v) is 28.8. The first-order chi connectivity index (χ1) is 53.3. The van der Waals surface area contributed by atoms with E-state index in [2.05, 4.69) is 177 Å². The van der Waals surface area contributed by atoms with Gasteiger partial charge in [0.2, 0.25) is 5.91 Å². The van der Waals surface area contributed by atoms with Crippen LogP contribution in [0.4, 0.5) is 0 Å². The number of hydrogen-bond acceptors (Lipinski definition) is 18. The highest BCUT2D eigenvalue weighted by atomic mass is 16.8. The van der Waals surface area contributed by atoms with Crippen molar-refractivity contribution in [3.8, 4) is 0 Å². The van der Waals surface area contributed by atoms with Gasteiger partial charge in [0.1, 0.15) is 73.2 Å². The Hall–Kier alpha value is -4.85. The Morgan fingerprint density at radius 3 is 1.03 bits per heavy atom. The minimum absolute atomic E-state index is 0.198. The van der Waals surface area contributed by atoms with Gasteiger partial charge >= 0.3 is 0 Å². The smallest absolute Gasteiger partial charge is 0.220 e. The van der Waals surface area contributed by atoms with Gasteiger partial charge in [0.25, 0.3) is 0 Å². The lowest BCUT2D eigenvalue weighted by Gasteiger charge is -2.48. The molecular weight excluding hydrogens is 1380 g/mol. The molecular formula is C90H147NO18. The van der Waals surface area contributed by atoms with Crippen LogP contribution < -0.4 is 5.32 Å². The van der Waals surface area contributed by atoms with Crippen molar-refractivity contribution in [3.05, 3.63) is 170 Å². The number of aliphatic hydroxyl groups excluding tert-OH is 11. The van der Waals surface area contributed by atoms with Crippen molar-refractivity contribution in [1.29, 1.82) is 0 Å². The highest BCUT2D eigenvalue weighted by molar-refractivity contribution is 5.76. The molecule has 0 radical (unpaired) electrons. The molecule has 3 saturated heterocycles. The second kappa shape index (κ2) is 67.6. The van der Waals surface area contributed by atoms with Crippen LogP contribution in [0.5, 0.6) is 0 Å². The minimum atomic E-state index is -1.99. The third-order valence-electron chi connectivity index (χ3n) is 19.5. The van der Waals surface area contributed by atoms with Crippen LogP contribution in [0.2, 0.25) is 0 Å². The highest BCUT2D eigenvalue weighted by Gasteiger charge is 2.54. The van der Waals surface area contributed by atoms with Gasteiger partial charge in [0.15, 0.2) is 18.9 Å². The monoisotopic (exact) mass is 1530 g/mol. The van der Waals surface area contributed by atoms with Crippen molar-refractivity contribution in [3.63, 3.8) is 0 Å². The van der Waals surface area contributed by atoms with Crippen LogP contribution in [0.15, 0.2) is 170 Å². The van der Waals surface area contributed by atoms with Crippen molar-refractivity contribution in [1.82, 2.24) is 5.32 Å². The first-order valence-corrected chi connectivity index (χ1v) is 41.9. The van der Waals surface area contributed by atoms with E-state index in [0.29, 0.717) is 12.8 Å². The topological polar surface area (TPSA) is 307 Å². The number of ether oxygens (including phenoxy) is 6. The summed E-state index contributed by atoms with van der Waals surface area (Å²) in [6.45, 7) is 1.58. The first kappa shape index (κ1) is 98.3. The van der Waals surface area contributed by atoms with E-state index in [1.807, 2.05) is 6.08 Å². The Morgan fingerprint density at radius 1 is 0.339 bits per heavy atom. The number of aliphatic hydroxyl groups is 11. The van der Waals surface area contributed by atoms with Gasteiger partial charge < -0.3 is 89.9 Å². The summed E-state index contributed by atoms with van der Waals surface area (Å²) in [7, 11) is 0. The molecule has 0 bridgehead atoms. The van der Waals surface area contributed by atoms with Gasteiger partial charge in [-0.3, -0.25) is 4.79 Å². The highest BCUT2D eigenvalue weighted by Crippen LogP contribution is 2.33. The molecule has 17 atom stereocenters. The standard InChI is InChI=1S/C90H147NO18/c1-3-5-7-9-11-13-15-17-19-21-23-25-27-29-30-31-32-33-34-35-36-37-38-39-40-41-42-44-46-48-50-52-54-56-58-60-62-64-66-68-78(96)91-73(74(95)67-65-63-61-59-57-55-53-51-49-47-45-43-28-26-24-22-20-18-16-14-12-10-8-6-4-2)72-104-88-84(102)81(99)86(76(70-93)106-88)109-90-85(103)82(100)87(77(71-94)107-90)108-89-83(101)80(98)79(97)75(69-92)105-89/h5,7,11,13,17,19,23,25,29-30,32-33,35-36,38-39,41-42,46,48-49,51-52,54,57,59,65,67,73-77,79-90,92-95,97-103H,3-4,6,8-10,12,14-16,18,20-22,24,26-28,31,34,37,40,43-45,47,50,53,55-56,58,60-64,66,68-72H2,1-2H3,(H,91,96)/b7-5-,13-11-,19-17-,25-23-,30-29-,33-32-,36-35-,39-38-,42-41-,48-46-,51-49+,54-52-,59-57+,67-65+. The van der Waals surface area contributed by atoms with E-state index in [4.69, 9.17) is 28.4 Å². The molecule has 3 rings (SSSR count). The lowest BCUT2D eigenvalue weighted by Crippen LogP contribution is -2.66. The summed E-state index contributed by atoms with van der Waals surface area (Å²) < 4.78 is 34.4. The second-order valence-electron chi connectivity index (χ2n) is 28.8. The number of unbranched alkanes of at least 4 members (excludes halogenated alkanes) is 22. The van der Waals surface area contributed by atoms with Gasteiger partial charge in [-0.1, -0.05) is 293 Å². The van der Waals surface area contributed by atoms with Crippen LogP contribution in [-0.4, -0.2) is 193 Å². The molecule has 12 N–H and O–H groups in total. The number of amides is 1. The fraction of sp³-hybridized carbons (Fsp3) is 0.678. The molecule has 3 heterocycles. The number of hydrogen-bond donors (Lipinski definition) is 12. The molecule has 1 amide bonds. The Morgan fingerprint density at radius 2 is 0.642 bits per heavy atom. The lowest BCUT2D eigenvalue weighted by molar-refractivity contribution is -0.379. The zero-order chi connectivity index (χ0) is 78.8. The molecule has 19 heteroatoms. The molecule has 0 aromatic heterocycles. The number of rotatable bonds is 64. The zero-order valence-electron chi connectivity index (χ0n) is 66.5. The van der Waals surface area contributed by atoms with Gasteiger partial charge in [-0.25, -0.2) is 0 Å². The van der Waals surface area contributed by atoms with E-state index in [0.717, 1.165) is 128 Å². The fourth-order valence-electron chi connectivity index (χ4n) is 12.8. The summed E-state index contributed by atoms with van der Waals surface area (Å²) in [5, 5.41) is 121. The Kier molecular flexibility index (Phi) is 61.0. The number of nitrogens with one attached hydrogen (secondary N) is 1. The number of carbonyl (C=O) groups excluding carboxylic acids is 1. The van der Waals surface area contributed by atoms with Crippen molar-refractivity contribution in [2.75, 3.05) is 26.4 Å². The molecule has 620 valence electrons. The number of allylic oxidation sites excluding steroid dienone is 27. The molecule has 3 aliphatic heterocycles. The summed E-state index contributed by atoms with van der Waals surface area (Å²) in [4.78, 5) is 13.5. The van der Waals surface area contributed by atoms with Crippen LogP contribution in [0.3, 0.4) is 0 Å². The quantitative estimate of drug-likeness (QED) is 0.0199. The summed E-state index contributed by atoms with van der Waals surface area (Å²) in [5.41, 5.74) is 0. The normalized spacial score (nSPS) is 26.2. The first-order valence-electron chi connectivity index (χ1n) is 41.9. The fourth-order valence-corrected chi connectivity index (χ4v) is 12.8. The van der Waals surface area contributed by atoms with Crippen LogP contribution in [0.1, 0.15) is 258 Å². The summed E-state index contributed by atoms with van der Waals surface area (Å²) >= 11 is 0. The van der Waals surface area contributed by atoms with Crippen molar-refractivity contribution in [2.24, 2.45) is 0 Å². The van der Waals surface area contributed by atoms with E-state index in [1.54, 1.807) is 6.08 Å². The Bertz CT molecular complexity index is 2640. The van der Waals surface area contributed by atoms with E-state index >= 15 is 0 Å². The van der Waals surface area contributed by atoms with Crippen LogP contribution in [-0.2, 0) is 33.2 Å². The van der Waals surface area contributed by atoms with Gasteiger partial charge in [0.05, 0.1) is 38.6 Å². The molecule has 0 aliphatic carbocycles. The maximum atomic E-state index is 13.5. The molecule has 17 unspecified atom stereocenters. The zero-order valence-corrected chi connectivity index (χ0v) is 66.5. The SMILES string of the molecule is CC/C=C\C/C=C\C/C=C\C/C=C\C/C=C\C/C=C\C/C=C\C/C=C\C/C=C\C/C=C\C/C=C\CCCCCCCC(=O)NC(COC1OC(CO)C(OC2OC(CO)C(OC3OC(CO)C(O)C(O)C3O)C(O)C2O)C(O)C1O)C(O)/C=C/CC/C=C/CC/C=C/CCCCCCCCCCCCCCCCC. The van der Waals surface area contributed by atoms with Gasteiger partial charge in [0, 0.05) is 6.42 Å². The van der Waals surface area contributed by atoms with E-state index in [9.17, 15) is 61.0 Å². The molecule has 3 fully saturated rings. The maximum absolute atomic E-state index is 13.5. The third kappa shape index (κ3) is 46.8. The predicted molar refractivity (Wildman–Crippen MR) is 438 cm³/mol. The molecule has 0 aromatic carbocycles. The molecule has 3 aliphatic rings. The predicted octanol–water partition coefficient (Wildman–Crippen LogP) is 14.9. The van der Waals surface area contributed by atoms with Crippen LogP contribution >= 0.6 is 0 Å². The van der Waals surface area contributed by atoms with Gasteiger partial charge in [-0.15, -0.1) is 0 Å². The van der Waals surface area contributed by atoms with Gasteiger partial charge in [-0.05, 0) is 128 Å². The van der Waals surface area contributed by atoms with E-state index in [1.165, 1.54) is 96.3 Å². The molecule has 0 spiro atoms. The molecule has 0 aromatic rings. The summed E-state index contributed by atoms with van der Waals surface area (Å²) in [5.74, 6) is -0.314. The average Bonchev–Trinajstić information content (AvgIpc) is 0.759. The van der Waals surface area contributed by atoms with Crippen molar-refractivity contribution in [2.45, 2.75) is 362 Å². The molecule has 0 saturated carbocycles. The Labute approximate surface area is 656 Å². The lowest BCUT2D eigenvalue weighted by atomic mass is 9.96. The van der Waals surface area contributed by atoms with Crippen molar-refractivity contribution < 1.29 is 89.4 Å². The molecule has 109 heavy (non-hydrogen) atoms. The van der Waals surface area contributed by atoms with E-state index in [-0.39, 0.29) is 12.3 Å². The summed E-state index contributed by atoms with van der Waals surface area (Å²) in [6.07, 6.45) is 74.8. The number of carbonyl (C=O) groups is 1. The maximum Gasteiger partial charge on any atom is 0.220 e.